The Morgan fingerprint density at radius 3 is 2.89 bits per heavy atom. The van der Waals surface area contributed by atoms with Gasteiger partial charge < -0.3 is 14.1 Å². The molecule has 3 aliphatic rings. The number of aromatic nitrogens is 2. The van der Waals surface area contributed by atoms with Gasteiger partial charge in [-0.05, 0) is 37.3 Å². The van der Waals surface area contributed by atoms with E-state index in [9.17, 15) is 10.1 Å². The minimum atomic E-state index is -0.957. The van der Waals surface area contributed by atoms with Gasteiger partial charge in [-0.1, -0.05) is 31.1 Å². The Bertz CT molecular complexity index is 1080. The van der Waals surface area contributed by atoms with E-state index in [0.29, 0.717) is 24.8 Å². The summed E-state index contributed by atoms with van der Waals surface area (Å²) in [5.41, 5.74) is 0.399. The molecule has 0 spiro atoms. The number of carbonyl (C=O) groups is 1. The minimum absolute atomic E-state index is 0.00515. The highest BCUT2D eigenvalue weighted by Gasteiger charge is 2.79. The Balaban J connectivity index is 1.46. The zero-order valence-corrected chi connectivity index (χ0v) is 16.2. The molecule has 3 fully saturated rings. The molecule has 1 saturated heterocycles. The number of para-hydroxylation sites is 2. The average Bonchev–Trinajstić information content (AvgIpc) is 3.30. The predicted molar refractivity (Wildman–Crippen MR) is 101 cm³/mol. The van der Waals surface area contributed by atoms with Crippen molar-refractivity contribution in [3.63, 3.8) is 0 Å². The summed E-state index contributed by atoms with van der Waals surface area (Å²) in [6.07, 6.45) is 2.74. The molecule has 2 aromatic rings. The Morgan fingerprint density at radius 1 is 1.43 bits per heavy atom. The quantitative estimate of drug-likeness (QED) is 0.465. The zero-order valence-electron chi connectivity index (χ0n) is 16.2. The van der Waals surface area contributed by atoms with Gasteiger partial charge in [-0.25, -0.2) is 9.78 Å². The number of imidazole rings is 1. The number of fused-ring (bicyclic) bond motifs is 1. The van der Waals surface area contributed by atoms with Gasteiger partial charge in [0.2, 0.25) is 5.71 Å². The third-order valence-corrected chi connectivity index (χ3v) is 7.85. The molecule has 7 nitrogen and oxygen atoms in total. The molecule has 2 heterocycles. The van der Waals surface area contributed by atoms with Crippen LogP contribution < -0.4 is 0 Å². The molecule has 4 atom stereocenters. The van der Waals surface area contributed by atoms with E-state index in [2.05, 4.69) is 24.0 Å². The summed E-state index contributed by atoms with van der Waals surface area (Å²) >= 11 is 0. The van der Waals surface area contributed by atoms with Crippen LogP contribution in [0.4, 0.5) is 0 Å². The highest BCUT2D eigenvalue weighted by atomic mass is 16.7. The van der Waals surface area contributed by atoms with Crippen molar-refractivity contribution in [3.8, 4) is 6.07 Å². The van der Waals surface area contributed by atoms with E-state index in [-0.39, 0.29) is 16.5 Å². The third kappa shape index (κ3) is 1.84. The van der Waals surface area contributed by atoms with Crippen LogP contribution in [-0.4, -0.2) is 33.4 Å². The van der Waals surface area contributed by atoms with Gasteiger partial charge >= 0.3 is 5.97 Å². The van der Waals surface area contributed by atoms with Gasteiger partial charge in [0.1, 0.15) is 6.07 Å². The van der Waals surface area contributed by atoms with Crippen molar-refractivity contribution in [2.75, 3.05) is 6.61 Å². The molecule has 1 aliphatic heterocycles. The largest absolute Gasteiger partial charge is 0.367 e. The smallest absolute Gasteiger partial charge is 0.362 e. The summed E-state index contributed by atoms with van der Waals surface area (Å²) in [7, 11) is 1.81. The number of oxime groups is 1. The third-order valence-electron chi connectivity index (χ3n) is 7.85. The Labute approximate surface area is 162 Å². The normalized spacial score (nSPS) is 36.1. The van der Waals surface area contributed by atoms with Crippen LogP contribution in [0.25, 0.3) is 11.0 Å². The fourth-order valence-corrected chi connectivity index (χ4v) is 5.85. The number of aryl methyl sites for hydroxylation is 1. The van der Waals surface area contributed by atoms with E-state index in [1.165, 1.54) is 0 Å². The molecular formula is C21H22N4O3. The van der Waals surface area contributed by atoms with Crippen molar-refractivity contribution in [1.82, 2.24) is 9.55 Å². The molecule has 4 bridgehead atoms. The molecule has 144 valence electrons. The summed E-state index contributed by atoms with van der Waals surface area (Å²) in [6.45, 7) is 4.92. The fourth-order valence-electron chi connectivity index (χ4n) is 5.85. The lowest BCUT2D eigenvalue weighted by Gasteiger charge is -2.38. The van der Waals surface area contributed by atoms with Gasteiger partial charge in [0.15, 0.2) is 11.4 Å². The van der Waals surface area contributed by atoms with Gasteiger partial charge in [-0.3, -0.25) is 0 Å². The van der Waals surface area contributed by atoms with Crippen molar-refractivity contribution < 1.29 is 14.4 Å². The van der Waals surface area contributed by atoms with Crippen LogP contribution in [0.15, 0.2) is 29.4 Å². The molecular weight excluding hydrogens is 356 g/mol. The fraction of sp³-hybridized carbons (Fsp3) is 0.524. The number of nitriles is 1. The van der Waals surface area contributed by atoms with Crippen molar-refractivity contribution in [3.05, 3.63) is 30.1 Å². The second-order valence-electron chi connectivity index (χ2n) is 8.72. The molecule has 0 N–H and O–H groups in total. The Kier molecular flexibility index (Phi) is 3.36. The number of hydrogen-bond donors (Lipinski definition) is 0. The van der Waals surface area contributed by atoms with E-state index >= 15 is 0 Å². The van der Waals surface area contributed by atoms with Crippen molar-refractivity contribution >= 4 is 22.7 Å². The average molecular weight is 378 g/mol. The van der Waals surface area contributed by atoms with Gasteiger partial charge in [-0.15, -0.1) is 0 Å². The maximum absolute atomic E-state index is 13.1. The number of benzene rings is 1. The first-order valence-corrected chi connectivity index (χ1v) is 9.62. The minimum Gasteiger partial charge on any atom is -0.362 e. The van der Waals surface area contributed by atoms with E-state index in [4.69, 9.17) is 9.57 Å². The van der Waals surface area contributed by atoms with Crippen LogP contribution in [0, 0.1) is 28.1 Å². The summed E-state index contributed by atoms with van der Waals surface area (Å²) in [5, 5.41) is 13.5. The number of nitrogens with zero attached hydrogens (tertiary/aromatic N) is 4. The molecule has 7 heteroatoms. The van der Waals surface area contributed by atoms with Crippen molar-refractivity contribution in [1.29, 1.82) is 5.26 Å². The second-order valence-corrected chi connectivity index (χ2v) is 8.72. The molecule has 2 saturated carbocycles. The summed E-state index contributed by atoms with van der Waals surface area (Å²) in [5.74, 6) is 0.343. The lowest BCUT2D eigenvalue weighted by atomic mass is 9.66. The van der Waals surface area contributed by atoms with E-state index in [0.717, 1.165) is 23.9 Å². The van der Waals surface area contributed by atoms with Gasteiger partial charge in [-0.2, -0.15) is 5.26 Å². The SMILES string of the molecule is Cn1c(/C(C#N)=N\OC(=O)[C@@]23C[C@@H]4CC[C@]2(C)[C@@]4(C)CO3)nc2ccccc21. The first kappa shape index (κ1) is 17.4. The monoisotopic (exact) mass is 378 g/mol. The van der Waals surface area contributed by atoms with Gasteiger partial charge in [0.25, 0.3) is 0 Å². The lowest BCUT2D eigenvalue weighted by molar-refractivity contribution is -0.181. The molecule has 1 aromatic heterocycles. The highest BCUT2D eigenvalue weighted by molar-refractivity contribution is 6.10. The number of rotatable bonds is 3. The molecule has 0 unspecified atom stereocenters. The van der Waals surface area contributed by atoms with Crippen molar-refractivity contribution in [2.45, 2.75) is 38.7 Å². The van der Waals surface area contributed by atoms with Gasteiger partial charge in [0, 0.05) is 17.9 Å². The van der Waals surface area contributed by atoms with E-state index in [1.54, 1.807) is 11.6 Å². The van der Waals surface area contributed by atoms with Crippen LogP contribution in [-0.2, 0) is 21.4 Å². The number of carbonyl (C=O) groups excluding carboxylic acids is 1. The first-order chi connectivity index (χ1) is 13.4. The second kappa shape index (κ2) is 5.42. The molecule has 28 heavy (non-hydrogen) atoms. The Hall–Kier alpha value is -2.72. The lowest BCUT2D eigenvalue weighted by Crippen LogP contribution is -2.50. The maximum atomic E-state index is 13.1. The number of ether oxygens (including phenoxy) is 1. The van der Waals surface area contributed by atoms with Crippen LogP contribution in [0.1, 0.15) is 38.9 Å². The molecule has 2 aliphatic carbocycles. The summed E-state index contributed by atoms with van der Waals surface area (Å²) in [6, 6.07) is 9.57. The van der Waals surface area contributed by atoms with E-state index in [1.807, 2.05) is 30.3 Å². The maximum Gasteiger partial charge on any atom is 0.367 e. The van der Waals surface area contributed by atoms with Crippen LogP contribution in [0.2, 0.25) is 0 Å². The predicted octanol–water partition coefficient (Wildman–Crippen LogP) is 2.94. The topological polar surface area (TPSA) is 89.5 Å². The summed E-state index contributed by atoms with van der Waals surface area (Å²) in [4.78, 5) is 22.9. The first-order valence-electron chi connectivity index (χ1n) is 9.62. The van der Waals surface area contributed by atoms with Crippen LogP contribution in [0.5, 0.6) is 0 Å². The summed E-state index contributed by atoms with van der Waals surface area (Å²) < 4.78 is 7.81. The van der Waals surface area contributed by atoms with Crippen molar-refractivity contribution in [2.24, 2.45) is 29.0 Å². The Morgan fingerprint density at radius 2 is 2.21 bits per heavy atom. The number of hydrogen-bond acceptors (Lipinski definition) is 6. The molecule has 1 aromatic carbocycles. The zero-order chi connectivity index (χ0) is 19.7. The van der Waals surface area contributed by atoms with Crippen LogP contribution >= 0.6 is 0 Å². The molecule has 5 rings (SSSR count). The standard InChI is InChI=1S/C21H22N4O3/c1-19-12-27-21(10-13(19)8-9-20(19,21)2)18(26)28-24-15(11-22)17-23-14-6-4-5-7-16(14)25(17)3/h4-7,13H,8-10,12H2,1-3H3/b24-15-/t13-,19-,20+,21-/m0/s1. The van der Waals surface area contributed by atoms with E-state index < -0.39 is 11.6 Å². The van der Waals surface area contributed by atoms with Crippen LogP contribution in [0.3, 0.4) is 0 Å². The highest BCUT2D eigenvalue weighted by Crippen LogP contribution is 2.75. The molecule has 0 amide bonds. The molecule has 0 radical (unpaired) electrons. The van der Waals surface area contributed by atoms with Gasteiger partial charge in [0.05, 0.1) is 17.6 Å².